The fourth-order valence-electron chi connectivity index (χ4n) is 3.22. The van der Waals surface area contributed by atoms with Crippen LogP contribution >= 0.6 is 0 Å². The van der Waals surface area contributed by atoms with Gasteiger partial charge in [0.25, 0.3) is 5.56 Å². The lowest BCUT2D eigenvalue weighted by Gasteiger charge is -2.08. The topological polar surface area (TPSA) is 92.7 Å². The number of H-pyrrole nitrogens is 1. The lowest BCUT2D eigenvalue weighted by atomic mass is 10.1. The second-order valence-corrected chi connectivity index (χ2v) is 7.40. The summed E-state index contributed by atoms with van der Waals surface area (Å²) in [5.74, 6) is 0.478. The van der Waals surface area contributed by atoms with Crippen LogP contribution in [0.3, 0.4) is 0 Å². The number of fused-ring (bicyclic) bond motifs is 2. The Morgan fingerprint density at radius 3 is 2.79 bits per heavy atom. The summed E-state index contributed by atoms with van der Waals surface area (Å²) in [6.45, 7) is 4.02. The summed E-state index contributed by atoms with van der Waals surface area (Å²) in [4.78, 5) is 36.8. The van der Waals surface area contributed by atoms with E-state index in [4.69, 9.17) is 0 Å². The fraction of sp³-hybridized carbons (Fsp3) is 0.238. The third-order valence-electron chi connectivity index (χ3n) is 4.52. The SMILES string of the molecule is CC(C)Cc1nc2ccc(NC(=O)Cn3cnc4ccc(F)cc4c3=O)cc2[nH]1. The molecule has 7 nitrogen and oxygen atoms in total. The van der Waals surface area contributed by atoms with E-state index in [9.17, 15) is 14.0 Å². The molecule has 0 spiro atoms. The van der Waals surface area contributed by atoms with Gasteiger partial charge in [-0.2, -0.15) is 0 Å². The van der Waals surface area contributed by atoms with Crippen molar-refractivity contribution >= 4 is 33.5 Å². The molecule has 0 aliphatic carbocycles. The van der Waals surface area contributed by atoms with Gasteiger partial charge in [0.1, 0.15) is 18.2 Å². The molecule has 0 saturated carbocycles. The zero-order chi connectivity index (χ0) is 20.5. The van der Waals surface area contributed by atoms with Crippen LogP contribution in [0.25, 0.3) is 21.9 Å². The Balaban J connectivity index is 1.53. The first-order chi connectivity index (χ1) is 13.9. The molecule has 0 aliphatic heterocycles. The Hall–Kier alpha value is -3.55. The van der Waals surface area contributed by atoms with Crippen LogP contribution < -0.4 is 10.9 Å². The van der Waals surface area contributed by atoms with Crippen molar-refractivity contribution in [3.8, 4) is 0 Å². The van der Waals surface area contributed by atoms with E-state index < -0.39 is 11.4 Å². The summed E-state index contributed by atoms with van der Waals surface area (Å²) in [5, 5.41) is 2.91. The Kier molecular flexibility index (Phi) is 4.84. The number of hydrogen-bond donors (Lipinski definition) is 2. The van der Waals surface area contributed by atoms with Gasteiger partial charge in [-0.15, -0.1) is 0 Å². The van der Waals surface area contributed by atoms with Gasteiger partial charge in [-0.3, -0.25) is 14.2 Å². The zero-order valence-electron chi connectivity index (χ0n) is 16.1. The molecule has 29 heavy (non-hydrogen) atoms. The maximum Gasteiger partial charge on any atom is 0.261 e. The van der Waals surface area contributed by atoms with E-state index in [1.54, 1.807) is 12.1 Å². The minimum atomic E-state index is -0.525. The van der Waals surface area contributed by atoms with Crippen molar-refractivity contribution in [2.24, 2.45) is 5.92 Å². The molecule has 2 aromatic carbocycles. The Morgan fingerprint density at radius 1 is 1.21 bits per heavy atom. The van der Waals surface area contributed by atoms with Gasteiger partial charge in [0.15, 0.2) is 0 Å². The van der Waals surface area contributed by atoms with Crippen LogP contribution in [0.15, 0.2) is 47.5 Å². The number of imidazole rings is 1. The van der Waals surface area contributed by atoms with Crippen LogP contribution in [0.2, 0.25) is 0 Å². The van der Waals surface area contributed by atoms with Crippen LogP contribution in [0.1, 0.15) is 19.7 Å². The van der Waals surface area contributed by atoms with E-state index in [2.05, 4.69) is 34.1 Å². The standard InChI is InChI=1S/C21H20FN5O2/c1-12(2)7-19-25-17-6-4-14(9-18(17)26-19)24-20(28)10-27-11-23-16-5-3-13(22)8-15(16)21(27)29/h3-6,8-9,11-12H,7,10H2,1-2H3,(H,24,28)(H,25,26). The van der Waals surface area contributed by atoms with Gasteiger partial charge in [0, 0.05) is 12.1 Å². The first-order valence-corrected chi connectivity index (χ1v) is 9.32. The van der Waals surface area contributed by atoms with Crippen molar-refractivity contribution in [2.75, 3.05) is 5.32 Å². The van der Waals surface area contributed by atoms with E-state index in [1.165, 1.54) is 18.5 Å². The molecule has 0 saturated heterocycles. The Bertz CT molecular complexity index is 1280. The maximum atomic E-state index is 13.4. The number of benzene rings is 2. The number of rotatable bonds is 5. The monoisotopic (exact) mass is 393 g/mol. The third kappa shape index (κ3) is 4.01. The van der Waals surface area contributed by atoms with Gasteiger partial charge < -0.3 is 10.3 Å². The van der Waals surface area contributed by atoms with Crippen molar-refractivity contribution in [1.29, 1.82) is 0 Å². The van der Waals surface area contributed by atoms with Crippen molar-refractivity contribution in [1.82, 2.24) is 19.5 Å². The van der Waals surface area contributed by atoms with E-state index in [0.29, 0.717) is 17.1 Å². The first-order valence-electron chi connectivity index (χ1n) is 9.32. The van der Waals surface area contributed by atoms with Gasteiger partial charge in [0.2, 0.25) is 5.91 Å². The highest BCUT2D eigenvalue weighted by Crippen LogP contribution is 2.18. The second kappa shape index (κ2) is 7.46. The number of carbonyl (C=O) groups is 1. The fourth-order valence-corrected chi connectivity index (χ4v) is 3.22. The molecule has 148 valence electrons. The third-order valence-corrected chi connectivity index (χ3v) is 4.52. The molecule has 0 atom stereocenters. The summed E-state index contributed by atoms with van der Waals surface area (Å²) in [6, 6.07) is 9.20. The van der Waals surface area contributed by atoms with E-state index >= 15 is 0 Å². The molecule has 4 aromatic rings. The molecule has 0 radical (unpaired) electrons. The molecular formula is C21H20FN5O2. The smallest absolute Gasteiger partial charge is 0.261 e. The normalized spacial score (nSPS) is 11.4. The lowest BCUT2D eigenvalue weighted by molar-refractivity contribution is -0.116. The number of aromatic nitrogens is 4. The van der Waals surface area contributed by atoms with Crippen LogP contribution in [0.5, 0.6) is 0 Å². The van der Waals surface area contributed by atoms with E-state index in [0.717, 1.165) is 33.9 Å². The Labute approximate surface area is 165 Å². The number of hydrogen-bond acceptors (Lipinski definition) is 4. The molecule has 0 bridgehead atoms. The number of anilines is 1. The summed E-state index contributed by atoms with van der Waals surface area (Å²) >= 11 is 0. The molecular weight excluding hydrogens is 373 g/mol. The summed E-state index contributed by atoms with van der Waals surface area (Å²) < 4.78 is 14.6. The molecule has 2 aromatic heterocycles. The number of amides is 1. The van der Waals surface area contributed by atoms with Crippen LogP contribution in [-0.4, -0.2) is 25.4 Å². The van der Waals surface area contributed by atoms with Crippen molar-refractivity contribution in [2.45, 2.75) is 26.8 Å². The van der Waals surface area contributed by atoms with Crippen molar-refractivity contribution in [3.63, 3.8) is 0 Å². The van der Waals surface area contributed by atoms with E-state index in [-0.39, 0.29) is 17.8 Å². The van der Waals surface area contributed by atoms with Gasteiger partial charge >= 0.3 is 0 Å². The largest absolute Gasteiger partial charge is 0.342 e. The number of carbonyl (C=O) groups excluding carboxylic acids is 1. The predicted molar refractivity (Wildman–Crippen MR) is 109 cm³/mol. The van der Waals surface area contributed by atoms with Crippen LogP contribution in [0, 0.1) is 11.7 Å². The zero-order valence-corrected chi connectivity index (χ0v) is 16.1. The lowest BCUT2D eigenvalue weighted by Crippen LogP contribution is -2.28. The number of nitrogens with one attached hydrogen (secondary N) is 2. The van der Waals surface area contributed by atoms with Gasteiger partial charge in [-0.05, 0) is 42.3 Å². The minimum absolute atomic E-state index is 0.136. The average molecular weight is 393 g/mol. The molecule has 2 heterocycles. The van der Waals surface area contributed by atoms with Gasteiger partial charge in [-0.25, -0.2) is 14.4 Å². The summed E-state index contributed by atoms with van der Waals surface area (Å²) in [7, 11) is 0. The highest BCUT2D eigenvalue weighted by molar-refractivity contribution is 5.93. The number of halogens is 1. The number of aromatic amines is 1. The number of nitrogens with zero attached hydrogens (tertiary/aromatic N) is 3. The van der Waals surface area contributed by atoms with Crippen LogP contribution in [-0.2, 0) is 17.8 Å². The minimum Gasteiger partial charge on any atom is -0.342 e. The van der Waals surface area contributed by atoms with Crippen molar-refractivity contribution < 1.29 is 9.18 Å². The molecule has 0 unspecified atom stereocenters. The quantitative estimate of drug-likeness (QED) is 0.544. The summed E-state index contributed by atoms with van der Waals surface area (Å²) in [5.41, 5.74) is 2.17. The maximum absolute atomic E-state index is 13.4. The molecule has 0 aliphatic rings. The van der Waals surface area contributed by atoms with Gasteiger partial charge in [-0.1, -0.05) is 13.8 Å². The molecule has 4 rings (SSSR count). The molecule has 1 amide bonds. The van der Waals surface area contributed by atoms with Crippen LogP contribution in [0.4, 0.5) is 10.1 Å². The Morgan fingerprint density at radius 2 is 2.00 bits per heavy atom. The molecule has 0 fully saturated rings. The molecule has 8 heteroatoms. The van der Waals surface area contributed by atoms with Gasteiger partial charge in [0.05, 0.1) is 28.3 Å². The predicted octanol–water partition coefficient (Wildman–Crippen LogP) is 3.25. The second-order valence-electron chi connectivity index (χ2n) is 7.40. The molecule has 2 N–H and O–H groups in total. The first kappa shape index (κ1) is 18.8. The van der Waals surface area contributed by atoms with E-state index in [1.807, 2.05) is 6.07 Å². The summed E-state index contributed by atoms with van der Waals surface area (Å²) in [6.07, 6.45) is 2.13. The highest BCUT2D eigenvalue weighted by Gasteiger charge is 2.11. The average Bonchev–Trinajstić information content (AvgIpc) is 3.05. The highest BCUT2D eigenvalue weighted by atomic mass is 19.1. The van der Waals surface area contributed by atoms with Crippen molar-refractivity contribution in [3.05, 3.63) is 64.7 Å².